The molecule has 0 fully saturated rings. The van der Waals surface area contributed by atoms with Gasteiger partial charge in [0.25, 0.3) is 0 Å². The lowest BCUT2D eigenvalue weighted by Gasteiger charge is -2.26. The van der Waals surface area contributed by atoms with Crippen molar-refractivity contribution in [1.29, 1.82) is 0 Å². The van der Waals surface area contributed by atoms with E-state index in [1.54, 1.807) is 13.0 Å². The first-order valence-corrected chi connectivity index (χ1v) is 7.72. The molecular weight excluding hydrogens is 306 g/mol. The summed E-state index contributed by atoms with van der Waals surface area (Å²) in [5.41, 5.74) is 9.14. The molecular formula is C17H19N5O2. The van der Waals surface area contributed by atoms with Gasteiger partial charge >= 0.3 is 6.09 Å². The summed E-state index contributed by atoms with van der Waals surface area (Å²) in [6, 6.07) is 11.5. The summed E-state index contributed by atoms with van der Waals surface area (Å²) in [7, 11) is 0. The van der Waals surface area contributed by atoms with Crippen LogP contribution in [0.1, 0.15) is 19.4 Å². The Morgan fingerprint density at radius 1 is 1.38 bits per heavy atom. The van der Waals surface area contributed by atoms with Crippen LogP contribution in [0.5, 0.6) is 0 Å². The van der Waals surface area contributed by atoms with Crippen LogP contribution in [0.3, 0.4) is 0 Å². The Labute approximate surface area is 139 Å². The number of rotatable bonds is 3. The van der Waals surface area contributed by atoms with Crippen LogP contribution >= 0.6 is 0 Å². The lowest BCUT2D eigenvalue weighted by Crippen LogP contribution is -2.32. The fourth-order valence-corrected chi connectivity index (χ4v) is 2.75. The standard InChI is InChI=1S/C17H19N5O2/c1-3-22(17(23)24)13-9-12-15(16(18)20-13)21-14(10(2)19-12)11-7-5-4-6-8-11/h4-10,19H,3H2,1-2H3,(H2,18,20)(H,23,24). The molecule has 1 aromatic carbocycles. The monoisotopic (exact) mass is 325 g/mol. The molecule has 24 heavy (non-hydrogen) atoms. The summed E-state index contributed by atoms with van der Waals surface area (Å²) < 4.78 is 0. The first-order valence-electron chi connectivity index (χ1n) is 7.72. The zero-order valence-electron chi connectivity index (χ0n) is 13.5. The molecule has 7 nitrogen and oxygen atoms in total. The molecule has 0 saturated heterocycles. The second kappa shape index (κ2) is 6.19. The highest BCUT2D eigenvalue weighted by molar-refractivity contribution is 6.10. The first-order chi connectivity index (χ1) is 11.5. The van der Waals surface area contributed by atoms with Gasteiger partial charge in [-0.15, -0.1) is 0 Å². The summed E-state index contributed by atoms with van der Waals surface area (Å²) in [4.78, 5) is 21.3. The van der Waals surface area contributed by atoms with Gasteiger partial charge in [0, 0.05) is 12.6 Å². The Morgan fingerprint density at radius 3 is 2.71 bits per heavy atom. The molecule has 0 radical (unpaired) electrons. The van der Waals surface area contributed by atoms with E-state index in [0.29, 0.717) is 17.2 Å². The predicted octanol–water partition coefficient (Wildman–Crippen LogP) is 3.10. The van der Waals surface area contributed by atoms with Crippen molar-refractivity contribution in [3.05, 3.63) is 42.0 Å². The highest BCUT2D eigenvalue weighted by Crippen LogP contribution is 2.38. The van der Waals surface area contributed by atoms with Crippen LogP contribution in [-0.2, 0) is 0 Å². The maximum atomic E-state index is 11.3. The van der Waals surface area contributed by atoms with E-state index in [1.807, 2.05) is 37.3 Å². The van der Waals surface area contributed by atoms with Crippen LogP contribution in [0.25, 0.3) is 0 Å². The number of benzene rings is 1. The van der Waals surface area contributed by atoms with Crippen LogP contribution < -0.4 is 16.0 Å². The van der Waals surface area contributed by atoms with Gasteiger partial charge in [0.15, 0.2) is 5.82 Å². The highest BCUT2D eigenvalue weighted by atomic mass is 16.4. The summed E-state index contributed by atoms with van der Waals surface area (Å²) in [5, 5.41) is 12.6. The molecule has 1 aliphatic heterocycles. The van der Waals surface area contributed by atoms with Gasteiger partial charge in [0.2, 0.25) is 0 Å². The molecule has 2 heterocycles. The van der Waals surface area contributed by atoms with Crippen LogP contribution in [0.4, 0.5) is 27.8 Å². The summed E-state index contributed by atoms with van der Waals surface area (Å²) in [6.45, 7) is 4.03. The molecule has 0 saturated carbocycles. The molecule has 2 aromatic rings. The number of anilines is 3. The number of aromatic nitrogens is 1. The fraction of sp³-hybridized carbons (Fsp3) is 0.235. The normalized spacial score (nSPS) is 15.9. The molecule has 1 unspecified atom stereocenters. The minimum atomic E-state index is -1.07. The van der Waals surface area contributed by atoms with Crippen molar-refractivity contribution in [2.75, 3.05) is 22.5 Å². The lowest BCUT2D eigenvalue weighted by molar-refractivity contribution is 0.202. The van der Waals surface area contributed by atoms with Crippen LogP contribution in [-0.4, -0.2) is 34.5 Å². The molecule has 1 amide bonds. The number of nitrogens with zero attached hydrogens (tertiary/aromatic N) is 3. The van der Waals surface area contributed by atoms with Gasteiger partial charge in [-0.1, -0.05) is 30.3 Å². The van der Waals surface area contributed by atoms with E-state index in [2.05, 4.69) is 15.3 Å². The third kappa shape index (κ3) is 2.76. The van der Waals surface area contributed by atoms with Crippen LogP contribution in [0.15, 0.2) is 41.4 Å². The number of carboxylic acid groups (broad SMARTS) is 1. The molecule has 1 aromatic heterocycles. The van der Waals surface area contributed by atoms with E-state index < -0.39 is 6.09 Å². The van der Waals surface area contributed by atoms with E-state index >= 15 is 0 Å². The first kappa shape index (κ1) is 15.8. The number of amides is 1. The lowest BCUT2D eigenvalue weighted by atomic mass is 10.0. The van der Waals surface area contributed by atoms with Crippen molar-refractivity contribution in [1.82, 2.24) is 4.98 Å². The zero-order chi connectivity index (χ0) is 17.3. The third-order valence-corrected chi connectivity index (χ3v) is 3.91. The molecule has 3 rings (SSSR count). The number of hydrogen-bond donors (Lipinski definition) is 3. The Hall–Kier alpha value is -3.09. The minimum Gasteiger partial charge on any atom is -0.465 e. The molecule has 4 N–H and O–H groups in total. The fourth-order valence-electron chi connectivity index (χ4n) is 2.75. The molecule has 1 aliphatic rings. The van der Waals surface area contributed by atoms with Gasteiger partial charge in [-0.3, -0.25) is 4.90 Å². The summed E-state index contributed by atoms with van der Waals surface area (Å²) >= 11 is 0. The van der Waals surface area contributed by atoms with Gasteiger partial charge in [0.1, 0.15) is 11.5 Å². The topological polar surface area (TPSA) is 104 Å². The van der Waals surface area contributed by atoms with Gasteiger partial charge < -0.3 is 16.2 Å². The van der Waals surface area contributed by atoms with Gasteiger partial charge in [-0.25, -0.2) is 14.8 Å². The average molecular weight is 325 g/mol. The van der Waals surface area contributed by atoms with E-state index in [1.165, 1.54) is 0 Å². The second-order valence-electron chi connectivity index (χ2n) is 5.52. The number of pyridine rings is 1. The number of nitrogens with one attached hydrogen (secondary N) is 1. The highest BCUT2D eigenvalue weighted by Gasteiger charge is 2.24. The second-order valence-corrected chi connectivity index (χ2v) is 5.52. The van der Waals surface area contributed by atoms with Gasteiger partial charge in [-0.05, 0) is 19.4 Å². The van der Waals surface area contributed by atoms with E-state index in [9.17, 15) is 9.90 Å². The Balaban J connectivity index is 2.07. The minimum absolute atomic E-state index is 0.0329. The van der Waals surface area contributed by atoms with E-state index in [0.717, 1.165) is 16.2 Å². The summed E-state index contributed by atoms with van der Waals surface area (Å²) in [5.74, 6) is 0.495. The van der Waals surface area contributed by atoms with Crippen LogP contribution in [0, 0.1) is 0 Å². The van der Waals surface area contributed by atoms with Gasteiger partial charge in [-0.2, -0.15) is 0 Å². The van der Waals surface area contributed by atoms with Crippen LogP contribution in [0.2, 0.25) is 0 Å². The largest absolute Gasteiger partial charge is 0.465 e. The third-order valence-electron chi connectivity index (χ3n) is 3.91. The van der Waals surface area contributed by atoms with Crippen molar-refractivity contribution in [3.8, 4) is 0 Å². The number of nitrogen functional groups attached to an aromatic ring is 1. The number of aliphatic imine (C=N–C) groups is 1. The smallest absolute Gasteiger partial charge is 0.413 e. The Morgan fingerprint density at radius 2 is 2.08 bits per heavy atom. The molecule has 0 bridgehead atoms. The van der Waals surface area contributed by atoms with Crippen molar-refractivity contribution in [2.45, 2.75) is 19.9 Å². The Kier molecular flexibility index (Phi) is 4.07. The zero-order valence-corrected chi connectivity index (χ0v) is 13.5. The SMILES string of the molecule is CCN(C(=O)O)c1cc2c(c(N)n1)N=C(c1ccccc1)C(C)N2. The van der Waals surface area contributed by atoms with Gasteiger partial charge in [0.05, 0.1) is 17.4 Å². The average Bonchev–Trinajstić information content (AvgIpc) is 2.55. The number of hydrogen-bond acceptors (Lipinski definition) is 5. The number of fused-ring (bicyclic) bond motifs is 1. The molecule has 124 valence electrons. The molecule has 0 aliphatic carbocycles. The molecule has 1 atom stereocenters. The maximum Gasteiger partial charge on any atom is 0.413 e. The van der Waals surface area contributed by atoms with Crippen molar-refractivity contribution < 1.29 is 9.90 Å². The quantitative estimate of drug-likeness (QED) is 0.804. The number of carbonyl (C=O) groups is 1. The number of nitrogens with two attached hydrogens (primary N) is 1. The van der Waals surface area contributed by atoms with E-state index in [-0.39, 0.29) is 18.4 Å². The molecule has 0 spiro atoms. The Bertz CT molecular complexity index is 804. The van der Waals surface area contributed by atoms with E-state index in [4.69, 9.17) is 5.73 Å². The maximum absolute atomic E-state index is 11.3. The van der Waals surface area contributed by atoms with Crippen molar-refractivity contribution in [3.63, 3.8) is 0 Å². The van der Waals surface area contributed by atoms with Crippen molar-refractivity contribution in [2.24, 2.45) is 4.99 Å². The van der Waals surface area contributed by atoms with Crippen molar-refractivity contribution >= 4 is 34.8 Å². The molecule has 7 heteroatoms. The predicted molar refractivity (Wildman–Crippen MR) is 95.4 cm³/mol. The summed E-state index contributed by atoms with van der Waals surface area (Å²) in [6.07, 6.45) is -1.07.